The molecule has 1 amide bonds. The molecule has 1 heterocycles. The van der Waals surface area contributed by atoms with Crippen LogP contribution < -0.4 is 10.6 Å². The second kappa shape index (κ2) is 5.30. The summed E-state index contributed by atoms with van der Waals surface area (Å²) in [5.41, 5.74) is 6.48. The monoisotopic (exact) mass is 232 g/mol. The third-order valence-corrected chi connectivity index (χ3v) is 2.31. The van der Waals surface area contributed by atoms with E-state index in [9.17, 15) is 4.79 Å². The van der Waals surface area contributed by atoms with Crippen molar-refractivity contribution < 1.29 is 4.79 Å². The lowest BCUT2D eigenvalue weighted by atomic mass is 10.2. The lowest BCUT2D eigenvalue weighted by molar-refractivity contribution is -0.116. The number of primary amides is 1. The molecule has 0 atom stereocenters. The Morgan fingerprint density at radius 2 is 2.24 bits per heavy atom. The maximum absolute atomic E-state index is 11.0. The molecule has 0 aliphatic carbocycles. The molecule has 0 radical (unpaired) electrons. The SMILES string of the molecule is Cc1cc(C#N)cc(N(CC(N)=O)C(C)C)n1. The van der Waals surface area contributed by atoms with Crippen LogP contribution in [0.15, 0.2) is 12.1 Å². The molecule has 0 aromatic carbocycles. The molecule has 90 valence electrons. The highest BCUT2D eigenvalue weighted by Crippen LogP contribution is 2.16. The number of nitriles is 1. The van der Waals surface area contributed by atoms with Crippen LogP contribution in [0.4, 0.5) is 5.82 Å². The molecule has 5 heteroatoms. The molecule has 0 aliphatic rings. The molecular formula is C12H16N4O. The number of nitrogens with zero attached hydrogens (tertiary/aromatic N) is 3. The van der Waals surface area contributed by atoms with E-state index < -0.39 is 5.91 Å². The van der Waals surface area contributed by atoms with Crippen LogP contribution in [-0.2, 0) is 4.79 Å². The van der Waals surface area contributed by atoms with Crippen molar-refractivity contribution >= 4 is 11.7 Å². The van der Waals surface area contributed by atoms with E-state index >= 15 is 0 Å². The fourth-order valence-electron chi connectivity index (χ4n) is 1.56. The van der Waals surface area contributed by atoms with Gasteiger partial charge in [-0.2, -0.15) is 5.26 Å². The van der Waals surface area contributed by atoms with Gasteiger partial charge in [0.05, 0.1) is 18.2 Å². The summed E-state index contributed by atoms with van der Waals surface area (Å²) in [4.78, 5) is 17.1. The number of amides is 1. The minimum atomic E-state index is -0.416. The van der Waals surface area contributed by atoms with Gasteiger partial charge in [-0.3, -0.25) is 4.79 Å². The first-order valence-corrected chi connectivity index (χ1v) is 5.37. The highest BCUT2D eigenvalue weighted by molar-refractivity contribution is 5.79. The summed E-state index contributed by atoms with van der Waals surface area (Å²) in [5.74, 6) is 0.191. The molecular weight excluding hydrogens is 216 g/mol. The van der Waals surface area contributed by atoms with E-state index in [1.165, 1.54) is 0 Å². The molecule has 1 rings (SSSR count). The van der Waals surface area contributed by atoms with Gasteiger partial charge < -0.3 is 10.6 Å². The van der Waals surface area contributed by atoms with E-state index in [2.05, 4.69) is 11.1 Å². The van der Waals surface area contributed by atoms with Crippen molar-refractivity contribution in [3.63, 3.8) is 0 Å². The maximum Gasteiger partial charge on any atom is 0.237 e. The Balaban J connectivity index is 3.14. The van der Waals surface area contributed by atoms with E-state index in [1.807, 2.05) is 20.8 Å². The Morgan fingerprint density at radius 1 is 1.59 bits per heavy atom. The van der Waals surface area contributed by atoms with Gasteiger partial charge in [-0.15, -0.1) is 0 Å². The zero-order valence-corrected chi connectivity index (χ0v) is 10.3. The summed E-state index contributed by atoms with van der Waals surface area (Å²) in [6.07, 6.45) is 0. The number of nitrogens with two attached hydrogens (primary N) is 1. The molecule has 0 aliphatic heterocycles. The summed E-state index contributed by atoms with van der Waals surface area (Å²) >= 11 is 0. The van der Waals surface area contributed by atoms with Crippen molar-refractivity contribution in [1.29, 1.82) is 5.26 Å². The standard InChI is InChI=1S/C12H16N4O/c1-8(2)16(7-11(14)17)12-5-10(6-13)4-9(3)15-12/h4-5,8H,7H2,1-3H3,(H2,14,17). The lowest BCUT2D eigenvalue weighted by Gasteiger charge is -2.26. The maximum atomic E-state index is 11.0. The van der Waals surface area contributed by atoms with E-state index in [0.29, 0.717) is 11.4 Å². The number of carbonyl (C=O) groups excluding carboxylic acids is 1. The third-order valence-electron chi connectivity index (χ3n) is 2.31. The smallest absolute Gasteiger partial charge is 0.237 e. The first-order chi connectivity index (χ1) is 7.93. The lowest BCUT2D eigenvalue weighted by Crippen LogP contribution is -2.39. The number of aromatic nitrogens is 1. The molecule has 2 N–H and O–H groups in total. The Hall–Kier alpha value is -2.09. The molecule has 5 nitrogen and oxygen atoms in total. The van der Waals surface area contributed by atoms with Crippen LogP contribution >= 0.6 is 0 Å². The van der Waals surface area contributed by atoms with Gasteiger partial charge in [0, 0.05) is 11.7 Å². The summed E-state index contributed by atoms with van der Waals surface area (Å²) in [6.45, 7) is 5.80. The van der Waals surface area contributed by atoms with Crippen LogP contribution in [0.2, 0.25) is 0 Å². The van der Waals surface area contributed by atoms with E-state index in [0.717, 1.165) is 5.69 Å². The van der Waals surface area contributed by atoms with Crippen molar-refractivity contribution in [3.05, 3.63) is 23.4 Å². The predicted molar refractivity (Wildman–Crippen MR) is 65.4 cm³/mol. The largest absolute Gasteiger partial charge is 0.368 e. The van der Waals surface area contributed by atoms with Crippen LogP contribution in [0.5, 0.6) is 0 Å². The van der Waals surface area contributed by atoms with Gasteiger partial charge in [-0.05, 0) is 32.9 Å². The summed E-state index contributed by atoms with van der Waals surface area (Å²) in [6, 6.07) is 5.52. The predicted octanol–water partition coefficient (Wildman–Crippen LogP) is 0.962. The molecule has 1 aromatic rings. The molecule has 0 unspecified atom stereocenters. The van der Waals surface area contributed by atoms with Crippen molar-refractivity contribution in [2.75, 3.05) is 11.4 Å². The average Bonchev–Trinajstić information content (AvgIpc) is 2.24. The molecule has 0 fully saturated rings. The fourth-order valence-corrected chi connectivity index (χ4v) is 1.56. The molecule has 17 heavy (non-hydrogen) atoms. The van der Waals surface area contributed by atoms with Gasteiger partial charge in [0.15, 0.2) is 0 Å². The molecule has 1 aromatic heterocycles. The number of aryl methyl sites for hydroxylation is 1. The van der Waals surface area contributed by atoms with E-state index in [4.69, 9.17) is 11.0 Å². The normalized spacial score (nSPS) is 10.1. The van der Waals surface area contributed by atoms with Gasteiger partial charge in [0.25, 0.3) is 0 Å². The Bertz CT molecular complexity index is 462. The number of carbonyl (C=O) groups is 1. The van der Waals surface area contributed by atoms with Crippen molar-refractivity contribution in [2.45, 2.75) is 26.8 Å². The second-order valence-corrected chi connectivity index (χ2v) is 4.16. The Morgan fingerprint density at radius 3 is 2.71 bits per heavy atom. The summed E-state index contributed by atoms with van der Waals surface area (Å²) in [5, 5.41) is 8.90. The Kier molecular flexibility index (Phi) is 4.05. The van der Waals surface area contributed by atoms with Crippen LogP contribution in [-0.4, -0.2) is 23.5 Å². The van der Waals surface area contributed by atoms with Gasteiger partial charge in [-0.25, -0.2) is 4.98 Å². The molecule has 0 saturated heterocycles. The van der Waals surface area contributed by atoms with Crippen molar-refractivity contribution in [3.8, 4) is 6.07 Å². The first kappa shape index (κ1) is 13.0. The zero-order chi connectivity index (χ0) is 13.0. The van der Waals surface area contributed by atoms with Crippen molar-refractivity contribution in [2.24, 2.45) is 5.73 Å². The minimum absolute atomic E-state index is 0.0864. The number of hydrogen-bond donors (Lipinski definition) is 1. The highest BCUT2D eigenvalue weighted by atomic mass is 16.1. The van der Waals surface area contributed by atoms with Gasteiger partial charge >= 0.3 is 0 Å². The van der Waals surface area contributed by atoms with Crippen molar-refractivity contribution in [1.82, 2.24) is 4.98 Å². The third kappa shape index (κ3) is 3.45. The van der Waals surface area contributed by atoms with E-state index in [1.54, 1.807) is 17.0 Å². The van der Waals surface area contributed by atoms with Gasteiger partial charge in [0.1, 0.15) is 5.82 Å². The fraction of sp³-hybridized carbons (Fsp3) is 0.417. The topological polar surface area (TPSA) is 83.0 Å². The van der Waals surface area contributed by atoms with Gasteiger partial charge in [0.2, 0.25) is 5.91 Å². The number of hydrogen-bond acceptors (Lipinski definition) is 4. The second-order valence-electron chi connectivity index (χ2n) is 4.16. The summed E-state index contributed by atoms with van der Waals surface area (Å²) < 4.78 is 0. The van der Waals surface area contributed by atoms with Crippen LogP contribution in [0, 0.1) is 18.3 Å². The van der Waals surface area contributed by atoms with Crippen LogP contribution in [0.3, 0.4) is 0 Å². The Labute approximate surface area is 101 Å². The van der Waals surface area contributed by atoms with Crippen LogP contribution in [0.25, 0.3) is 0 Å². The number of pyridine rings is 1. The number of rotatable bonds is 4. The number of anilines is 1. The zero-order valence-electron chi connectivity index (χ0n) is 10.3. The highest BCUT2D eigenvalue weighted by Gasteiger charge is 2.15. The molecule has 0 spiro atoms. The first-order valence-electron chi connectivity index (χ1n) is 5.37. The molecule has 0 bridgehead atoms. The van der Waals surface area contributed by atoms with Gasteiger partial charge in [-0.1, -0.05) is 0 Å². The van der Waals surface area contributed by atoms with Crippen LogP contribution in [0.1, 0.15) is 25.1 Å². The minimum Gasteiger partial charge on any atom is -0.368 e. The quantitative estimate of drug-likeness (QED) is 0.838. The average molecular weight is 232 g/mol. The molecule has 0 saturated carbocycles. The summed E-state index contributed by atoms with van der Waals surface area (Å²) in [7, 11) is 0. The van der Waals surface area contributed by atoms with E-state index in [-0.39, 0.29) is 12.6 Å².